The average Bonchev–Trinajstić information content (AvgIpc) is 2.77. The van der Waals surface area contributed by atoms with E-state index >= 15 is 0 Å². The molecule has 1 aromatic carbocycles. The maximum atomic E-state index is 5.71. The molecule has 0 saturated carbocycles. The first-order valence-corrected chi connectivity index (χ1v) is 5.92. The minimum atomic E-state index is 0.0311. The van der Waals surface area contributed by atoms with Gasteiger partial charge in [-0.15, -0.1) is 0 Å². The van der Waals surface area contributed by atoms with E-state index in [-0.39, 0.29) is 6.04 Å². The summed E-state index contributed by atoms with van der Waals surface area (Å²) in [5.74, 6) is 1.18. The van der Waals surface area contributed by atoms with Crippen LogP contribution in [0.3, 0.4) is 0 Å². The molecule has 1 heterocycles. The minimum absolute atomic E-state index is 0.0311. The number of anilines is 1. The van der Waals surface area contributed by atoms with Crippen LogP contribution in [0.15, 0.2) is 28.8 Å². The molecule has 0 aliphatic heterocycles. The van der Waals surface area contributed by atoms with Crippen molar-refractivity contribution in [1.29, 1.82) is 0 Å². The number of benzene rings is 1. The Bertz CT molecular complexity index is 519. The summed E-state index contributed by atoms with van der Waals surface area (Å²) in [4.78, 5) is 6.38. The predicted molar refractivity (Wildman–Crippen MR) is 71.4 cm³/mol. The number of hydrogen-bond acceptors (Lipinski definition) is 5. The van der Waals surface area contributed by atoms with E-state index < -0.39 is 0 Å². The molecule has 18 heavy (non-hydrogen) atoms. The van der Waals surface area contributed by atoms with Crippen molar-refractivity contribution in [3.8, 4) is 11.5 Å². The Morgan fingerprint density at radius 3 is 2.83 bits per heavy atom. The van der Waals surface area contributed by atoms with E-state index in [9.17, 15) is 0 Å². The summed E-state index contributed by atoms with van der Waals surface area (Å²) in [7, 11) is 3.99. The molecule has 0 aliphatic carbocycles. The summed E-state index contributed by atoms with van der Waals surface area (Å²) in [6, 6.07) is 8.01. The molecule has 1 atom stereocenters. The Labute approximate surface area is 107 Å². The highest BCUT2D eigenvalue weighted by Crippen LogP contribution is 2.22. The van der Waals surface area contributed by atoms with Crippen LogP contribution in [0.4, 0.5) is 5.69 Å². The van der Waals surface area contributed by atoms with Gasteiger partial charge < -0.3 is 15.2 Å². The molecule has 2 aromatic rings. The summed E-state index contributed by atoms with van der Waals surface area (Å²) >= 11 is 0. The molecule has 5 nitrogen and oxygen atoms in total. The number of rotatable bonds is 4. The van der Waals surface area contributed by atoms with Crippen LogP contribution in [0.5, 0.6) is 0 Å². The lowest BCUT2D eigenvalue weighted by atomic mass is 10.2. The van der Waals surface area contributed by atoms with E-state index in [1.54, 1.807) is 0 Å². The van der Waals surface area contributed by atoms with E-state index in [1.807, 2.05) is 50.2 Å². The second kappa shape index (κ2) is 5.18. The molecular weight excluding hydrogens is 228 g/mol. The van der Waals surface area contributed by atoms with Crippen LogP contribution < -0.4 is 10.6 Å². The first-order valence-electron chi connectivity index (χ1n) is 5.92. The van der Waals surface area contributed by atoms with E-state index in [0.717, 1.165) is 11.3 Å². The van der Waals surface area contributed by atoms with E-state index in [1.165, 1.54) is 0 Å². The van der Waals surface area contributed by atoms with Crippen LogP contribution in [-0.4, -0.2) is 30.3 Å². The van der Waals surface area contributed by atoms with Gasteiger partial charge in [-0.1, -0.05) is 11.2 Å². The van der Waals surface area contributed by atoms with Crippen molar-refractivity contribution in [3.63, 3.8) is 0 Å². The molecule has 2 rings (SSSR count). The van der Waals surface area contributed by atoms with Crippen molar-refractivity contribution in [2.24, 2.45) is 5.73 Å². The summed E-state index contributed by atoms with van der Waals surface area (Å²) in [5, 5.41) is 3.93. The summed E-state index contributed by atoms with van der Waals surface area (Å²) in [6.45, 7) is 1.92. The molecule has 0 bridgehead atoms. The van der Waals surface area contributed by atoms with E-state index in [0.29, 0.717) is 18.1 Å². The molecule has 0 saturated heterocycles. The van der Waals surface area contributed by atoms with Crippen molar-refractivity contribution in [1.82, 2.24) is 10.1 Å². The molecule has 5 heteroatoms. The van der Waals surface area contributed by atoms with Crippen LogP contribution in [-0.2, 0) is 6.42 Å². The smallest absolute Gasteiger partial charge is 0.257 e. The van der Waals surface area contributed by atoms with Gasteiger partial charge in [0.25, 0.3) is 5.89 Å². The van der Waals surface area contributed by atoms with Gasteiger partial charge in [-0.2, -0.15) is 4.98 Å². The van der Waals surface area contributed by atoms with Crippen LogP contribution in [0.1, 0.15) is 12.7 Å². The lowest BCUT2D eigenvalue weighted by Crippen LogP contribution is -2.18. The number of hydrogen-bond donors (Lipinski definition) is 1. The highest BCUT2D eigenvalue weighted by Gasteiger charge is 2.10. The predicted octanol–water partition coefficient (Wildman–Crippen LogP) is 1.69. The third-order valence-electron chi connectivity index (χ3n) is 2.58. The first-order chi connectivity index (χ1) is 8.56. The third kappa shape index (κ3) is 2.87. The summed E-state index contributed by atoms with van der Waals surface area (Å²) < 4.78 is 5.25. The molecule has 0 amide bonds. The van der Waals surface area contributed by atoms with Crippen LogP contribution in [0.2, 0.25) is 0 Å². The van der Waals surface area contributed by atoms with Gasteiger partial charge >= 0.3 is 0 Å². The molecule has 0 spiro atoms. The van der Waals surface area contributed by atoms with Crippen LogP contribution in [0.25, 0.3) is 11.5 Å². The topological polar surface area (TPSA) is 68.2 Å². The lowest BCUT2D eigenvalue weighted by Gasteiger charge is -2.12. The maximum absolute atomic E-state index is 5.71. The molecule has 1 aromatic heterocycles. The Kier molecular flexibility index (Phi) is 3.62. The van der Waals surface area contributed by atoms with Gasteiger partial charge in [-0.25, -0.2) is 0 Å². The van der Waals surface area contributed by atoms with Gasteiger partial charge in [-0.05, 0) is 25.1 Å². The van der Waals surface area contributed by atoms with Gasteiger partial charge in [0.05, 0.1) is 0 Å². The van der Waals surface area contributed by atoms with Gasteiger partial charge in [0.1, 0.15) is 0 Å². The fraction of sp³-hybridized carbons (Fsp3) is 0.385. The standard InChI is InChI=1S/C13H18N4O/c1-9(14)7-12-15-13(18-16-12)10-5-4-6-11(8-10)17(2)3/h4-6,8-9H,7,14H2,1-3H3. The van der Waals surface area contributed by atoms with E-state index in [4.69, 9.17) is 10.3 Å². The Hall–Kier alpha value is -1.88. The van der Waals surface area contributed by atoms with Crippen molar-refractivity contribution in [2.75, 3.05) is 19.0 Å². The van der Waals surface area contributed by atoms with Crippen molar-refractivity contribution >= 4 is 5.69 Å². The van der Waals surface area contributed by atoms with Crippen LogP contribution >= 0.6 is 0 Å². The largest absolute Gasteiger partial charge is 0.378 e. The zero-order chi connectivity index (χ0) is 13.1. The average molecular weight is 246 g/mol. The maximum Gasteiger partial charge on any atom is 0.257 e. The van der Waals surface area contributed by atoms with Gasteiger partial charge in [-0.3, -0.25) is 0 Å². The minimum Gasteiger partial charge on any atom is -0.378 e. The second-order valence-corrected chi connectivity index (χ2v) is 4.64. The highest BCUT2D eigenvalue weighted by molar-refractivity contribution is 5.61. The Morgan fingerprint density at radius 1 is 1.39 bits per heavy atom. The fourth-order valence-corrected chi connectivity index (χ4v) is 1.66. The summed E-state index contributed by atoms with van der Waals surface area (Å²) in [6.07, 6.45) is 0.622. The molecule has 2 N–H and O–H groups in total. The SMILES string of the molecule is CC(N)Cc1noc(-c2cccc(N(C)C)c2)n1. The van der Waals surface area contributed by atoms with Gasteiger partial charge in [0, 0.05) is 37.8 Å². The Morgan fingerprint density at radius 2 is 2.17 bits per heavy atom. The normalized spacial score (nSPS) is 12.4. The summed E-state index contributed by atoms with van der Waals surface area (Å²) in [5.41, 5.74) is 7.73. The highest BCUT2D eigenvalue weighted by atomic mass is 16.5. The zero-order valence-corrected chi connectivity index (χ0v) is 10.9. The molecule has 96 valence electrons. The monoisotopic (exact) mass is 246 g/mol. The fourth-order valence-electron chi connectivity index (χ4n) is 1.66. The molecular formula is C13H18N4O. The second-order valence-electron chi connectivity index (χ2n) is 4.64. The number of aromatic nitrogens is 2. The quantitative estimate of drug-likeness (QED) is 0.889. The van der Waals surface area contributed by atoms with E-state index in [2.05, 4.69) is 10.1 Å². The van der Waals surface area contributed by atoms with Crippen LogP contribution in [0, 0.1) is 0 Å². The molecule has 0 radical (unpaired) electrons. The molecule has 0 aliphatic rings. The molecule has 0 fully saturated rings. The van der Waals surface area contributed by atoms with Gasteiger partial charge in [0.15, 0.2) is 5.82 Å². The number of nitrogens with two attached hydrogens (primary N) is 1. The first kappa shape index (κ1) is 12.6. The third-order valence-corrected chi connectivity index (χ3v) is 2.58. The zero-order valence-electron chi connectivity index (χ0n) is 10.9. The lowest BCUT2D eigenvalue weighted by molar-refractivity contribution is 0.420. The van der Waals surface area contributed by atoms with Crippen molar-refractivity contribution < 1.29 is 4.52 Å². The Balaban J connectivity index is 2.25. The number of nitrogens with zero attached hydrogens (tertiary/aromatic N) is 3. The van der Waals surface area contributed by atoms with Crippen molar-refractivity contribution in [2.45, 2.75) is 19.4 Å². The van der Waals surface area contributed by atoms with Crippen molar-refractivity contribution in [3.05, 3.63) is 30.1 Å². The van der Waals surface area contributed by atoms with Gasteiger partial charge in [0.2, 0.25) is 0 Å². The molecule has 1 unspecified atom stereocenters.